The molecule has 8 heteroatoms. The molecule has 28 heavy (non-hydrogen) atoms. The Bertz CT molecular complexity index is 1030. The summed E-state index contributed by atoms with van der Waals surface area (Å²) in [6.45, 7) is 1.70. The number of aryl methyl sites for hydroxylation is 1. The van der Waals surface area contributed by atoms with Gasteiger partial charge in [0.2, 0.25) is 5.75 Å². The van der Waals surface area contributed by atoms with Gasteiger partial charge in [-0.3, -0.25) is 4.79 Å². The number of hydrazone groups is 1. The lowest BCUT2D eigenvalue weighted by Crippen LogP contribution is -2.17. The predicted octanol–water partition coefficient (Wildman–Crippen LogP) is 3.24. The maximum atomic E-state index is 12.4. The van der Waals surface area contributed by atoms with E-state index in [2.05, 4.69) is 10.5 Å². The quantitative estimate of drug-likeness (QED) is 0.500. The number of aromatic hydroxyl groups is 1. The molecule has 0 spiro atoms. The first-order valence-corrected chi connectivity index (χ1v) is 8.34. The van der Waals surface area contributed by atoms with Crippen LogP contribution in [0.4, 0.5) is 0 Å². The summed E-state index contributed by atoms with van der Waals surface area (Å²) in [7, 11) is 4.54. The summed E-state index contributed by atoms with van der Waals surface area (Å²) in [4.78, 5) is 12.4. The standard InChI is InChI=1S/C20H20N2O6/c1-11-17-13(23)6-5-7-14(17)28-18(11)20(24)22-21-10-12-8-15(25-2)19(27-4)16(9-12)26-3/h5-10,23H,1-4H3,(H,22,24). The molecular formula is C20H20N2O6. The number of hydrogen-bond donors (Lipinski definition) is 2. The molecule has 0 saturated carbocycles. The van der Waals surface area contributed by atoms with Crippen molar-refractivity contribution >= 4 is 23.1 Å². The number of ether oxygens (including phenoxy) is 3. The average molecular weight is 384 g/mol. The highest BCUT2D eigenvalue weighted by molar-refractivity contribution is 6.01. The Balaban J connectivity index is 1.83. The van der Waals surface area contributed by atoms with E-state index in [9.17, 15) is 9.90 Å². The Morgan fingerprint density at radius 2 is 1.82 bits per heavy atom. The molecule has 1 heterocycles. The molecule has 2 N–H and O–H groups in total. The van der Waals surface area contributed by atoms with Gasteiger partial charge in [0, 0.05) is 11.1 Å². The van der Waals surface area contributed by atoms with Gasteiger partial charge < -0.3 is 23.7 Å². The van der Waals surface area contributed by atoms with E-state index in [4.69, 9.17) is 18.6 Å². The van der Waals surface area contributed by atoms with Gasteiger partial charge in [-0.15, -0.1) is 0 Å². The number of phenolic OH excluding ortho intramolecular Hbond substituents is 1. The number of hydrogen-bond acceptors (Lipinski definition) is 7. The van der Waals surface area contributed by atoms with Crippen LogP contribution in [0.25, 0.3) is 11.0 Å². The lowest BCUT2D eigenvalue weighted by Gasteiger charge is -2.12. The monoisotopic (exact) mass is 384 g/mol. The molecule has 2 aromatic carbocycles. The molecule has 0 fully saturated rings. The van der Waals surface area contributed by atoms with Gasteiger partial charge >= 0.3 is 5.91 Å². The molecule has 0 aliphatic carbocycles. The minimum absolute atomic E-state index is 0.0544. The molecule has 8 nitrogen and oxygen atoms in total. The van der Waals surface area contributed by atoms with Crippen LogP contribution in [0.15, 0.2) is 39.9 Å². The lowest BCUT2D eigenvalue weighted by atomic mass is 10.1. The summed E-state index contributed by atoms with van der Waals surface area (Å²) in [6.07, 6.45) is 1.44. The number of nitrogens with one attached hydrogen (secondary N) is 1. The third-order valence-electron chi connectivity index (χ3n) is 4.20. The van der Waals surface area contributed by atoms with Gasteiger partial charge in [-0.25, -0.2) is 5.43 Å². The van der Waals surface area contributed by atoms with Gasteiger partial charge in [-0.05, 0) is 31.2 Å². The number of phenols is 1. The number of amides is 1. The van der Waals surface area contributed by atoms with Crippen molar-refractivity contribution in [3.8, 4) is 23.0 Å². The van der Waals surface area contributed by atoms with Gasteiger partial charge in [0.1, 0.15) is 11.3 Å². The van der Waals surface area contributed by atoms with E-state index < -0.39 is 5.91 Å². The molecule has 0 aliphatic rings. The molecule has 146 valence electrons. The highest BCUT2D eigenvalue weighted by atomic mass is 16.5. The summed E-state index contributed by atoms with van der Waals surface area (Å²) in [5.74, 6) is 1.01. The Kier molecular flexibility index (Phi) is 5.39. The summed E-state index contributed by atoms with van der Waals surface area (Å²) in [5, 5.41) is 14.4. The van der Waals surface area contributed by atoms with Gasteiger partial charge in [0.05, 0.1) is 32.9 Å². The zero-order chi connectivity index (χ0) is 20.3. The van der Waals surface area contributed by atoms with Crippen molar-refractivity contribution in [2.75, 3.05) is 21.3 Å². The average Bonchev–Trinajstić information content (AvgIpc) is 3.04. The van der Waals surface area contributed by atoms with Crippen molar-refractivity contribution in [1.82, 2.24) is 5.43 Å². The van der Waals surface area contributed by atoms with Crippen molar-refractivity contribution in [2.24, 2.45) is 5.10 Å². The summed E-state index contributed by atoms with van der Waals surface area (Å²) < 4.78 is 21.4. The van der Waals surface area contributed by atoms with Crippen LogP contribution in [0, 0.1) is 6.92 Å². The van der Waals surface area contributed by atoms with Crippen LogP contribution in [0.5, 0.6) is 23.0 Å². The maximum Gasteiger partial charge on any atom is 0.307 e. The Morgan fingerprint density at radius 3 is 2.39 bits per heavy atom. The molecule has 0 aliphatic heterocycles. The Labute approximate surface area is 161 Å². The number of carbonyl (C=O) groups is 1. The van der Waals surface area contributed by atoms with E-state index in [1.54, 1.807) is 31.2 Å². The molecule has 0 radical (unpaired) electrons. The highest BCUT2D eigenvalue weighted by Crippen LogP contribution is 2.37. The largest absolute Gasteiger partial charge is 0.507 e. The number of furan rings is 1. The number of rotatable bonds is 6. The minimum Gasteiger partial charge on any atom is -0.507 e. The van der Waals surface area contributed by atoms with Crippen molar-refractivity contribution < 1.29 is 28.5 Å². The van der Waals surface area contributed by atoms with Gasteiger partial charge in [-0.2, -0.15) is 5.10 Å². The number of fused-ring (bicyclic) bond motifs is 1. The van der Waals surface area contributed by atoms with E-state index in [0.29, 0.717) is 39.3 Å². The van der Waals surface area contributed by atoms with E-state index in [-0.39, 0.29) is 11.5 Å². The van der Waals surface area contributed by atoms with E-state index in [0.717, 1.165) is 0 Å². The molecule has 0 unspecified atom stereocenters. The van der Waals surface area contributed by atoms with E-state index in [1.807, 2.05) is 0 Å². The lowest BCUT2D eigenvalue weighted by molar-refractivity contribution is 0.0929. The van der Waals surface area contributed by atoms with Gasteiger partial charge in [0.25, 0.3) is 0 Å². The van der Waals surface area contributed by atoms with Crippen LogP contribution in [-0.4, -0.2) is 38.6 Å². The van der Waals surface area contributed by atoms with Gasteiger partial charge in [-0.1, -0.05) is 6.07 Å². The SMILES string of the molecule is COc1cc(C=NNC(=O)c2oc3cccc(O)c3c2C)cc(OC)c1OC. The van der Waals surface area contributed by atoms with Crippen LogP contribution in [0.2, 0.25) is 0 Å². The first-order valence-electron chi connectivity index (χ1n) is 8.34. The summed E-state index contributed by atoms with van der Waals surface area (Å²) in [5.41, 5.74) is 4.01. The third-order valence-corrected chi connectivity index (χ3v) is 4.20. The molecule has 1 aromatic heterocycles. The van der Waals surface area contributed by atoms with Crippen molar-refractivity contribution in [3.63, 3.8) is 0 Å². The zero-order valence-corrected chi connectivity index (χ0v) is 15.9. The van der Waals surface area contributed by atoms with Crippen molar-refractivity contribution in [2.45, 2.75) is 6.92 Å². The molecule has 1 amide bonds. The number of carbonyl (C=O) groups excluding carboxylic acids is 1. The van der Waals surface area contributed by atoms with Crippen LogP contribution in [0.1, 0.15) is 21.7 Å². The molecular weight excluding hydrogens is 364 g/mol. The second kappa shape index (κ2) is 7.91. The maximum absolute atomic E-state index is 12.4. The second-order valence-electron chi connectivity index (χ2n) is 5.86. The fourth-order valence-corrected chi connectivity index (χ4v) is 2.89. The minimum atomic E-state index is -0.531. The summed E-state index contributed by atoms with van der Waals surface area (Å²) in [6, 6.07) is 8.25. The summed E-state index contributed by atoms with van der Waals surface area (Å²) >= 11 is 0. The Morgan fingerprint density at radius 1 is 1.14 bits per heavy atom. The smallest absolute Gasteiger partial charge is 0.307 e. The fourth-order valence-electron chi connectivity index (χ4n) is 2.89. The Hall–Kier alpha value is -3.68. The molecule has 0 bridgehead atoms. The highest BCUT2D eigenvalue weighted by Gasteiger charge is 2.19. The van der Waals surface area contributed by atoms with E-state index >= 15 is 0 Å². The molecule has 0 atom stereocenters. The predicted molar refractivity (Wildman–Crippen MR) is 104 cm³/mol. The first-order chi connectivity index (χ1) is 13.5. The molecule has 3 aromatic rings. The van der Waals surface area contributed by atoms with Crippen LogP contribution < -0.4 is 19.6 Å². The fraction of sp³-hybridized carbons (Fsp3) is 0.200. The topological polar surface area (TPSA) is 103 Å². The van der Waals surface area contributed by atoms with Crippen molar-refractivity contribution in [3.05, 3.63) is 47.2 Å². The van der Waals surface area contributed by atoms with Crippen LogP contribution in [-0.2, 0) is 0 Å². The van der Waals surface area contributed by atoms with Crippen LogP contribution >= 0.6 is 0 Å². The first kappa shape index (κ1) is 19.1. The number of benzene rings is 2. The zero-order valence-electron chi connectivity index (χ0n) is 15.9. The molecule has 0 saturated heterocycles. The third kappa shape index (κ3) is 3.44. The normalized spacial score (nSPS) is 11.0. The molecule has 3 rings (SSSR count). The number of nitrogens with zero attached hydrogens (tertiary/aromatic N) is 1. The van der Waals surface area contributed by atoms with Crippen LogP contribution in [0.3, 0.4) is 0 Å². The second-order valence-corrected chi connectivity index (χ2v) is 5.86. The van der Waals surface area contributed by atoms with Crippen molar-refractivity contribution in [1.29, 1.82) is 0 Å². The van der Waals surface area contributed by atoms with E-state index in [1.165, 1.54) is 33.6 Å². The number of methoxy groups -OCH3 is 3. The van der Waals surface area contributed by atoms with Gasteiger partial charge in [0.15, 0.2) is 17.3 Å².